The van der Waals surface area contributed by atoms with Gasteiger partial charge in [-0.1, -0.05) is 20.8 Å². The van der Waals surface area contributed by atoms with Gasteiger partial charge in [0.15, 0.2) is 5.78 Å². The largest absolute Gasteiger partial charge is 0.377 e. The molecule has 0 spiro atoms. The summed E-state index contributed by atoms with van der Waals surface area (Å²) in [6, 6.07) is 0. The van der Waals surface area contributed by atoms with Crippen LogP contribution in [0.2, 0.25) is 0 Å². The van der Waals surface area contributed by atoms with Crippen LogP contribution in [0.25, 0.3) is 0 Å². The van der Waals surface area contributed by atoms with Gasteiger partial charge >= 0.3 is 0 Å². The highest BCUT2D eigenvalue weighted by Gasteiger charge is 2.09. The predicted molar refractivity (Wildman–Crippen MR) is 53.6 cm³/mol. The highest BCUT2D eigenvalue weighted by Crippen LogP contribution is 2.18. The highest BCUT2D eigenvalue weighted by molar-refractivity contribution is 8.00. The molecule has 12 heavy (non-hydrogen) atoms. The first-order valence-corrected chi connectivity index (χ1v) is 5.25. The van der Waals surface area contributed by atoms with Gasteiger partial charge in [0, 0.05) is 12.4 Å². The monoisotopic (exact) mass is 190 g/mol. The summed E-state index contributed by atoms with van der Waals surface area (Å²) in [5.41, 5.74) is 0. The molecular weight excluding hydrogens is 172 g/mol. The van der Waals surface area contributed by atoms with E-state index < -0.39 is 0 Å². The van der Waals surface area contributed by atoms with Gasteiger partial charge in [-0.3, -0.25) is 4.79 Å². The van der Waals surface area contributed by atoms with Gasteiger partial charge in [-0.05, 0) is 5.92 Å². The SMILES string of the molecule is COCC(=O)CSC(C)C(C)C. The summed E-state index contributed by atoms with van der Waals surface area (Å²) in [4.78, 5) is 11.0. The lowest BCUT2D eigenvalue weighted by Crippen LogP contribution is -2.14. The second kappa shape index (κ2) is 6.49. The lowest BCUT2D eigenvalue weighted by Gasteiger charge is -2.13. The van der Waals surface area contributed by atoms with Crippen LogP contribution in [0, 0.1) is 5.92 Å². The van der Waals surface area contributed by atoms with Crippen LogP contribution in [0.5, 0.6) is 0 Å². The minimum Gasteiger partial charge on any atom is -0.377 e. The maximum absolute atomic E-state index is 11.0. The second-order valence-corrected chi connectivity index (χ2v) is 4.60. The molecule has 0 rings (SSSR count). The predicted octanol–water partition coefficient (Wildman–Crippen LogP) is 1.98. The van der Waals surface area contributed by atoms with Gasteiger partial charge in [-0.2, -0.15) is 11.8 Å². The van der Waals surface area contributed by atoms with Crippen molar-refractivity contribution in [1.82, 2.24) is 0 Å². The number of methoxy groups -OCH3 is 1. The number of Topliss-reactive ketones (excluding diaryl/α,β-unsaturated/α-hetero) is 1. The van der Waals surface area contributed by atoms with Crippen molar-refractivity contribution in [1.29, 1.82) is 0 Å². The van der Waals surface area contributed by atoms with E-state index in [4.69, 9.17) is 4.74 Å². The maximum Gasteiger partial charge on any atom is 0.168 e. The van der Waals surface area contributed by atoms with Crippen molar-refractivity contribution in [3.05, 3.63) is 0 Å². The number of rotatable bonds is 6. The Morgan fingerprint density at radius 3 is 2.42 bits per heavy atom. The molecule has 0 fully saturated rings. The molecule has 0 saturated heterocycles. The molecule has 2 nitrogen and oxygen atoms in total. The zero-order chi connectivity index (χ0) is 9.56. The average Bonchev–Trinajstić information content (AvgIpc) is 2.00. The molecular formula is C9H18O2S. The zero-order valence-corrected chi connectivity index (χ0v) is 9.11. The number of ketones is 1. The van der Waals surface area contributed by atoms with E-state index in [1.807, 2.05) is 0 Å². The maximum atomic E-state index is 11.0. The Labute approximate surface area is 79.1 Å². The van der Waals surface area contributed by atoms with E-state index in [-0.39, 0.29) is 12.4 Å². The molecule has 1 unspecified atom stereocenters. The molecule has 0 amide bonds. The second-order valence-electron chi connectivity index (χ2n) is 3.23. The summed E-state index contributed by atoms with van der Waals surface area (Å²) in [7, 11) is 1.55. The molecule has 0 aromatic rings. The number of carbonyl (C=O) groups excluding carboxylic acids is 1. The van der Waals surface area contributed by atoms with Crippen molar-refractivity contribution in [2.24, 2.45) is 5.92 Å². The third-order valence-corrected chi connectivity index (χ3v) is 3.31. The van der Waals surface area contributed by atoms with Crippen LogP contribution in [0.3, 0.4) is 0 Å². The van der Waals surface area contributed by atoms with Crippen molar-refractivity contribution in [2.45, 2.75) is 26.0 Å². The molecule has 0 bridgehead atoms. The van der Waals surface area contributed by atoms with E-state index in [2.05, 4.69) is 20.8 Å². The molecule has 0 aliphatic carbocycles. The van der Waals surface area contributed by atoms with E-state index in [1.165, 1.54) is 0 Å². The fourth-order valence-electron chi connectivity index (χ4n) is 0.619. The summed E-state index contributed by atoms with van der Waals surface area (Å²) in [6.45, 7) is 6.73. The lowest BCUT2D eigenvalue weighted by atomic mass is 10.2. The minimum atomic E-state index is 0.176. The van der Waals surface area contributed by atoms with E-state index in [1.54, 1.807) is 18.9 Å². The smallest absolute Gasteiger partial charge is 0.168 e. The quantitative estimate of drug-likeness (QED) is 0.640. The van der Waals surface area contributed by atoms with Crippen molar-refractivity contribution in [2.75, 3.05) is 19.5 Å². The van der Waals surface area contributed by atoms with Crippen LogP contribution in [0.15, 0.2) is 0 Å². The van der Waals surface area contributed by atoms with Gasteiger partial charge in [0.1, 0.15) is 6.61 Å². The first-order valence-electron chi connectivity index (χ1n) is 4.20. The summed E-state index contributed by atoms with van der Waals surface area (Å²) < 4.78 is 4.73. The van der Waals surface area contributed by atoms with Gasteiger partial charge < -0.3 is 4.74 Å². The summed E-state index contributed by atoms with van der Waals surface area (Å²) in [5.74, 6) is 1.38. The van der Waals surface area contributed by atoms with Gasteiger partial charge in [0.2, 0.25) is 0 Å². The van der Waals surface area contributed by atoms with Gasteiger partial charge in [-0.25, -0.2) is 0 Å². The van der Waals surface area contributed by atoms with E-state index in [9.17, 15) is 4.79 Å². The molecule has 0 heterocycles. The van der Waals surface area contributed by atoms with Gasteiger partial charge in [-0.15, -0.1) is 0 Å². The molecule has 0 N–H and O–H groups in total. The van der Waals surface area contributed by atoms with Crippen molar-refractivity contribution in [3.63, 3.8) is 0 Å². The van der Waals surface area contributed by atoms with Gasteiger partial charge in [0.05, 0.1) is 5.75 Å². The molecule has 3 heteroatoms. The van der Waals surface area contributed by atoms with Gasteiger partial charge in [0.25, 0.3) is 0 Å². The molecule has 0 saturated carbocycles. The summed E-state index contributed by atoms with van der Waals surface area (Å²) in [5, 5.41) is 0.547. The summed E-state index contributed by atoms with van der Waals surface area (Å²) >= 11 is 1.70. The normalized spacial score (nSPS) is 13.4. The Hall–Kier alpha value is -0.0200. The Kier molecular flexibility index (Phi) is 6.48. The average molecular weight is 190 g/mol. The third-order valence-electron chi connectivity index (χ3n) is 1.75. The molecule has 0 radical (unpaired) electrons. The summed E-state index contributed by atoms with van der Waals surface area (Å²) in [6.07, 6.45) is 0. The highest BCUT2D eigenvalue weighted by atomic mass is 32.2. The minimum absolute atomic E-state index is 0.176. The first kappa shape index (κ1) is 12.0. The fourth-order valence-corrected chi connectivity index (χ4v) is 1.54. The molecule has 1 atom stereocenters. The first-order chi connectivity index (χ1) is 5.57. The third kappa shape index (κ3) is 5.61. The Morgan fingerprint density at radius 2 is 2.00 bits per heavy atom. The Bertz CT molecular complexity index is 134. The molecule has 0 aliphatic rings. The number of carbonyl (C=O) groups is 1. The lowest BCUT2D eigenvalue weighted by molar-refractivity contribution is -0.120. The molecule has 0 aliphatic heterocycles. The zero-order valence-electron chi connectivity index (χ0n) is 8.29. The van der Waals surface area contributed by atoms with E-state index in [0.717, 1.165) is 0 Å². The van der Waals surface area contributed by atoms with Crippen molar-refractivity contribution < 1.29 is 9.53 Å². The Morgan fingerprint density at radius 1 is 1.42 bits per heavy atom. The number of hydrogen-bond acceptors (Lipinski definition) is 3. The molecule has 0 aromatic heterocycles. The van der Waals surface area contributed by atoms with E-state index >= 15 is 0 Å². The fraction of sp³-hybridized carbons (Fsp3) is 0.889. The van der Waals surface area contributed by atoms with Crippen LogP contribution < -0.4 is 0 Å². The van der Waals surface area contributed by atoms with Crippen LogP contribution in [0.1, 0.15) is 20.8 Å². The molecule has 0 aromatic carbocycles. The van der Waals surface area contributed by atoms with Crippen LogP contribution in [-0.2, 0) is 9.53 Å². The number of ether oxygens (including phenoxy) is 1. The Balaban J connectivity index is 3.47. The number of hydrogen-bond donors (Lipinski definition) is 0. The van der Waals surface area contributed by atoms with Crippen LogP contribution in [-0.4, -0.2) is 30.5 Å². The van der Waals surface area contributed by atoms with Crippen molar-refractivity contribution in [3.8, 4) is 0 Å². The van der Waals surface area contributed by atoms with E-state index in [0.29, 0.717) is 16.9 Å². The molecule has 72 valence electrons. The van der Waals surface area contributed by atoms with Crippen LogP contribution in [0.4, 0.5) is 0 Å². The number of thioether (sulfide) groups is 1. The standard InChI is InChI=1S/C9H18O2S/c1-7(2)8(3)12-6-9(10)5-11-4/h7-8H,5-6H2,1-4H3. The van der Waals surface area contributed by atoms with Crippen LogP contribution >= 0.6 is 11.8 Å². The topological polar surface area (TPSA) is 26.3 Å². The van der Waals surface area contributed by atoms with Crippen molar-refractivity contribution >= 4 is 17.5 Å².